The molecule has 0 radical (unpaired) electrons. The predicted octanol–water partition coefficient (Wildman–Crippen LogP) is 4.46. The highest BCUT2D eigenvalue weighted by atomic mass is 16.5. The van der Waals surface area contributed by atoms with Crippen molar-refractivity contribution in [3.05, 3.63) is 95.6 Å². The first kappa shape index (κ1) is 16.2. The Morgan fingerprint density at radius 3 is 2.42 bits per heavy atom. The van der Waals surface area contributed by atoms with Gasteiger partial charge in [-0.1, -0.05) is 60.7 Å². The Hall–Kier alpha value is -3.27. The summed E-state index contributed by atoms with van der Waals surface area (Å²) in [5.74, 6) is 0.792. The number of para-hydroxylation sites is 2. The van der Waals surface area contributed by atoms with Gasteiger partial charge in [0.1, 0.15) is 11.9 Å². The predicted molar refractivity (Wildman–Crippen MR) is 102 cm³/mol. The maximum absolute atomic E-state index is 13.0. The number of nitrogens with one attached hydrogen (secondary N) is 1. The van der Waals surface area contributed by atoms with E-state index in [1.807, 2.05) is 83.8 Å². The number of ether oxygens (including phenoxy) is 1. The van der Waals surface area contributed by atoms with Crippen LogP contribution in [-0.2, 0) is 6.54 Å². The molecule has 0 aromatic heterocycles. The molecule has 4 nitrogen and oxygen atoms in total. The quantitative estimate of drug-likeness (QED) is 0.743. The van der Waals surface area contributed by atoms with Gasteiger partial charge in [0.05, 0.1) is 12.8 Å². The van der Waals surface area contributed by atoms with E-state index in [4.69, 9.17) is 4.74 Å². The molecule has 1 aliphatic heterocycles. The van der Waals surface area contributed by atoms with Crippen LogP contribution in [0.15, 0.2) is 78.9 Å². The fourth-order valence-electron chi connectivity index (χ4n) is 3.38. The van der Waals surface area contributed by atoms with Crippen molar-refractivity contribution >= 4 is 11.6 Å². The molecular weight excluding hydrogens is 324 g/mol. The Morgan fingerprint density at radius 1 is 0.923 bits per heavy atom. The first-order valence-electron chi connectivity index (χ1n) is 8.61. The Morgan fingerprint density at radius 2 is 1.62 bits per heavy atom. The topological polar surface area (TPSA) is 41.6 Å². The van der Waals surface area contributed by atoms with Gasteiger partial charge in [-0.05, 0) is 23.8 Å². The third kappa shape index (κ3) is 2.90. The maximum Gasteiger partial charge on any atom is 0.256 e. The van der Waals surface area contributed by atoms with Crippen LogP contribution in [0.5, 0.6) is 5.75 Å². The molecular formula is C22H20N2O2. The van der Waals surface area contributed by atoms with Crippen LogP contribution in [0.2, 0.25) is 0 Å². The highest BCUT2D eigenvalue weighted by Crippen LogP contribution is 2.37. The molecule has 0 saturated carbocycles. The molecule has 0 fully saturated rings. The van der Waals surface area contributed by atoms with Gasteiger partial charge < -0.3 is 15.0 Å². The first-order chi connectivity index (χ1) is 12.8. The molecule has 1 N–H and O–H groups in total. The Labute approximate surface area is 153 Å². The van der Waals surface area contributed by atoms with Crippen molar-refractivity contribution in [1.29, 1.82) is 0 Å². The van der Waals surface area contributed by atoms with Crippen LogP contribution in [0.3, 0.4) is 0 Å². The summed E-state index contributed by atoms with van der Waals surface area (Å²) in [6.07, 6.45) is -0.241. The fourth-order valence-corrected chi connectivity index (χ4v) is 3.38. The molecule has 1 atom stereocenters. The monoisotopic (exact) mass is 344 g/mol. The molecule has 1 amide bonds. The van der Waals surface area contributed by atoms with Crippen molar-refractivity contribution in [1.82, 2.24) is 4.90 Å². The normalized spacial score (nSPS) is 15.7. The molecule has 1 unspecified atom stereocenters. The van der Waals surface area contributed by atoms with Crippen LogP contribution in [0.25, 0.3) is 0 Å². The summed E-state index contributed by atoms with van der Waals surface area (Å²) in [6.45, 7) is 0.543. The van der Waals surface area contributed by atoms with Crippen molar-refractivity contribution in [2.45, 2.75) is 12.7 Å². The van der Waals surface area contributed by atoms with Crippen molar-refractivity contribution in [2.24, 2.45) is 0 Å². The van der Waals surface area contributed by atoms with E-state index in [1.165, 1.54) is 0 Å². The molecule has 1 heterocycles. The molecule has 0 bridgehead atoms. The van der Waals surface area contributed by atoms with Crippen LogP contribution in [0.4, 0.5) is 5.69 Å². The molecule has 3 aromatic rings. The zero-order chi connectivity index (χ0) is 17.9. The molecule has 130 valence electrons. The van der Waals surface area contributed by atoms with Crippen molar-refractivity contribution < 1.29 is 9.53 Å². The van der Waals surface area contributed by atoms with E-state index >= 15 is 0 Å². The third-order valence-electron chi connectivity index (χ3n) is 4.65. The minimum Gasteiger partial charge on any atom is -0.495 e. The van der Waals surface area contributed by atoms with Gasteiger partial charge in [-0.25, -0.2) is 0 Å². The van der Waals surface area contributed by atoms with Crippen LogP contribution in [0.1, 0.15) is 27.7 Å². The Bertz CT molecular complexity index is 924. The number of carbonyl (C=O) groups excluding carboxylic acids is 1. The average molecular weight is 344 g/mol. The first-order valence-corrected chi connectivity index (χ1v) is 8.61. The summed E-state index contributed by atoms with van der Waals surface area (Å²) in [7, 11) is 1.65. The fraction of sp³-hybridized carbons (Fsp3) is 0.136. The lowest BCUT2D eigenvalue weighted by Crippen LogP contribution is -2.32. The second kappa shape index (κ2) is 6.92. The Balaban J connectivity index is 1.71. The maximum atomic E-state index is 13.0. The number of benzene rings is 3. The van der Waals surface area contributed by atoms with Crippen LogP contribution in [-0.4, -0.2) is 17.9 Å². The lowest BCUT2D eigenvalue weighted by molar-refractivity contribution is 0.0728. The lowest BCUT2D eigenvalue weighted by atomic mass is 10.1. The van der Waals surface area contributed by atoms with Crippen molar-refractivity contribution in [3.8, 4) is 5.75 Å². The number of rotatable bonds is 5. The molecule has 4 heteroatoms. The lowest BCUT2D eigenvalue weighted by Gasteiger charge is -2.28. The highest BCUT2D eigenvalue weighted by molar-refractivity contribution is 5.99. The number of hydrogen-bond acceptors (Lipinski definition) is 3. The van der Waals surface area contributed by atoms with Crippen molar-refractivity contribution in [3.63, 3.8) is 0 Å². The van der Waals surface area contributed by atoms with Crippen molar-refractivity contribution in [2.75, 3.05) is 12.4 Å². The molecule has 0 saturated heterocycles. The van der Waals surface area contributed by atoms with Crippen LogP contribution < -0.4 is 10.1 Å². The van der Waals surface area contributed by atoms with Gasteiger partial charge in [-0.3, -0.25) is 4.79 Å². The molecule has 0 aliphatic carbocycles. The zero-order valence-corrected chi connectivity index (χ0v) is 14.6. The van der Waals surface area contributed by atoms with E-state index in [1.54, 1.807) is 7.11 Å². The van der Waals surface area contributed by atoms with Crippen LogP contribution >= 0.6 is 0 Å². The summed E-state index contributed by atoms with van der Waals surface area (Å²) in [6, 6.07) is 25.6. The summed E-state index contributed by atoms with van der Waals surface area (Å²) in [4.78, 5) is 14.9. The second-order valence-corrected chi connectivity index (χ2v) is 6.25. The van der Waals surface area contributed by atoms with Gasteiger partial charge in [-0.15, -0.1) is 0 Å². The summed E-state index contributed by atoms with van der Waals surface area (Å²) >= 11 is 0. The van der Waals surface area contributed by atoms with Crippen LogP contribution in [0, 0.1) is 0 Å². The van der Waals surface area contributed by atoms with E-state index in [0.717, 1.165) is 28.1 Å². The zero-order valence-electron chi connectivity index (χ0n) is 14.6. The van der Waals surface area contributed by atoms with Gasteiger partial charge in [0.2, 0.25) is 0 Å². The van der Waals surface area contributed by atoms with E-state index in [2.05, 4.69) is 5.32 Å². The summed E-state index contributed by atoms with van der Waals surface area (Å²) < 4.78 is 5.46. The van der Waals surface area contributed by atoms with Gasteiger partial charge in [-0.2, -0.15) is 0 Å². The summed E-state index contributed by atoms with van der Waals surface area (Å²) in [5.41, 5.74) is 3.69. The largest absolute Gasteiger partial charge is 0.495 e. The van der Waals surface area contributed by atoms with Gasteiger partial charge in [0.15, 0.2) is 0 Å². The SMILES string of the molecule is COc1ccccc1NC1c2ccccc2C(=O)N1Cc1ccccc1. The highest BCUT2D eigenvalue weighted by Gasteiger charge is 2.36. The second-order valence-electron chi connectivity index (χ2n) is 6.25. The van der Waals surface area contributed by atoms with E-state index in [-0.39, 0.29) is 12.1 Å². The average Bonchev–Trinajstić information content (AvgIpc) is 2.95. The number of anilines is 1. The molecule has 26 heavy (non-hydrogen) atoms. The van der Waals surface area contributed by atoms with E-state index < -0.39 is 0 Å². The number of amides is 1. The number of hydrogen-bond donors (Lipinski definition) is 1. The molecule has 0 spiro atoms. The van der Waals surface area contributed by atoms with Gasteiger partial charge in [0.25, 0.3) is 5.91 Å². The minimum atomic E-state index is -0.241. The smallest absolute Gasteiger partial charge is 0.256 e. The standard InChI is InChI=1S/C22H20N2O2/c1-26-20-14-8-7-13-19(20)23-21-17-11-5-6-12-18(17)22(25)24(21)15-16-9-3-2-4-10-16/h2-14,21,23H,15H2,1H3. The van der Waals surface area contributed by atoms with Gasteiger partial charge in [0, 0.05) is 17.7 Å². The third-order valence-corrected chi connectivity index (χ3v) is 4.65. The molecule has 4 rings (SSSR count). The molecule has 3 aromatic carbocycles. The molecule has 1 aliphatic rings. The number of nitrogens with zero attached hydrogens (tertiary/aromatic N) is 1. The Kier molecular flexibility index (Phi) is 4.32. The summed E-state index contributed by atoms with van der Waals surface area (Å²) in [5, 5.41) is 3.50. The number of carbonyl (C=O) groups is 1. The van der Waals surface area contributed by atoms with Gasteiger partial charge >= 0.3 is 0 Å². The van der Waals surface area contributed by atoms with E-state index in [9.17, 15) is 4.79 Å². The number of fused-ring (bicyclic) bond motifs is 1. The minimum absolute atomic E-state index is 0.0388. The van der Waals surface area contributed by atoms with E-state index in [0.29, 0.717) is 6.54 Å². The number of methoxy groups -OCH3 is 1.